The number of benzene rings is 5. The third-order valence-corrected chi connectivity index (χ3v) is 9.72. The minimum Gasteiger partial charge on any atom is -0.459 e. The highest BCUT2D eigenvalue weighted by Crippen LogP contribution is 2.37. The summed E-state index contributed by atoms with van der Waals surface area (Å²) in [7, 11) is 0. The third kappa shape index (κ3) is 6.05. The van der Waals surface area contributed by atoms with Crippen LogP contribution in [0.2, 0.25) is 0 Å². The number of rotatable bonds is 8. The van der Waals surface area contributed by atoms with E-state index in [-0.39, 0.29) is 6.61 Å². The predicted molar refractivity (Wildman–Crippen MR) is 195 cm³/mol. The molecule has 0 bridgehead atoms. The molecule has 1 aliphatic heterocycles. The number of carbonyl (C=O) groups is 3. The normalized spacial score (nSPS) is 18.4. The van der Waals surface area contributed by atoms with Gasteiger partial charge in [-0.05, 0) is 72.8 Å². The van der Waals surface area contributed by atoms with Gasteiger partial charge in [-0.3, -0.25) is 0 Å². The zero-order chi connectivity index (χ0) is 35.8. The molecule has 0 aliphatic carbocycles. The Morgan fingerprint density at radius 3 is 1.83 bits per heavy atom. The van der Waals surface area contributed by atoms with E-state index in [4.69, 9.17) is 18.9 Å². The molecular formula is C43H35N2O7+. The van der Waals surface area contributed by atoms with Gasteiger partial charge in [-0.1, -0.05) is 72.8 Å². The molecule has 0 saturated carbocycles. The summed E-state index contributed by atoms with van der Waals surface area (Å²) >= 11 is 0. The van der Waals surface area contributed by atoms with E-state index >= 15 is 0 Å². The van der Waals surface area contributed by atoms with Gasteiger partial charge in [0.1, 0.15) is 12.7 Å². The molecule has 5 aromatic carbocycles. The van der Waals surface area contributed by atoms with E-state index < -0.39 is 42.4 Å². The summed E-state index contributed by atoms with van der Waals surface area (Å²) in [6.45, 7) is 3.92. The highest BCUT2D eigenvalue weighted by molar-refractivity contribution is 6.16. The van der Waals surface area contributed by atoms with Crippen molar-refractivity contribution < 1.29 is 37.9 Å². The largest absolute Gasteiger partial charge is 0.459 e. The van der Waals surface area contributed by atoms with Gasteiger partial charge in [0.2, 0.25) is 6.10 Å². The molecule has 7 aromatic rings. The van der Waals surface area contributed by atoms with Gasteiger partial charge in [0.25, 0.3) is 0 Å². The summed E-state index contributed by atoms with van der Waals surface area (Å²) < 4.78 is 26.5. The first-order valence-electron chi connectivity index (χ1n) is 17.1. The quantitative estimate of drug-likeness (QED) is 0.0995. The Kier molecular flexibility index (Phi) is 8.70. The lowest BCUT2D eigenvalue weighted by Gasteiger charge is -2.23. The first kappa shape index (κ1) is 32.9. The molecule has 1 saturated heterocycles. The van der Waals surface area contributed by atoms with E-state index in [9.17, 15) is 14.4 Å². The molecule has 2 aromatic heterocycles. The van der Waals surface area contributed by atoms with E-state index in [0.717, 1.165) is 43.7 Å². The number of aromatic amines is 1. The molecule has 8 rings (SSSR count). The molecule has 1 N–H and O–H groups in total. The minimum absolute atomic E-state index is 0.265. The molecule has 1 fully saturated rings. The van der Waals surface area contributed by atoms with Crippen LogP contribution >= 0.6 is 0 Å². The summed E-state index contributed by atoms with van der Waals surface area (Å²) in [6, 6.07) is 36.0. The van der Waals surface area contributed by atoms with E-state index in [2.05, 4.69) is 31.0 Å². The average molecular weight is 692 g/mol. The van der Waals surface area contributed by atoms with Gasteiger partial charge in [-0.25, -0.2) is 14.4 Å². The van der Waals surface area contributed by atoms with Crippen LogP contribution < -0.4 is 4.57 Å². The van der Waals surface area contributed by atoms with Crippen LogP contribution in [0.1, 0.15) is 48.4 Å². The Balaban J connectivity index is 1.22. The fraction of sp³-hybridized carbons (Fsp3) is 0.163. The molecule has 0 amide bonds. The molecule has 258 valence electrons. The van der Waals surface area contributed by atoms with E-state index in [1.807, 2.05) is 35.2 Å². The maximum Gasteiger partial charge on any atom is 0.338 e. The van der Waals surface area contributed by atoms with Crippen molar-refractivity contribution >= 4 is 50.5 Å². The van der Waals surface area contributed by atoms with Crippen LogP contribution in [0.3, 0.4) is 0 Å². The van der Waals surface area contributed by atoms with Crippen molar-refractivity contribution in [3.05, 3.63) is 162 Å². The van der Waals surface area contributed by atoms with Crippen molar-refractivity contribution in [2.75, 3.05) is 6.61 Å². The lowest BCUT2D eigenvalue weighted by molar-refractivity contribution is -0.764. The monoisotopic (exact) mass is 691 g/mol. The Bertz CT molecular complexity index is 2440. The number of aryl methyl sites for hydroxylation is 2. The van der Waals surface area contributed by atoms with E-state index in [1.54, 1.807) is 91.0 Å². The SMILES string of the molecule is Cc1c2cc[n+]([C@H]3O[C@@H](COC(=O)c4ccccc4)[C@@H](OC(=O)c4ccccc4)[C@@H]3OC(=O)c3ccccc3)cc2c(C)c2c1[nH]c1ccccc12. The van der Waals surface area contributed by atoms with Crippen LogP contribution in [0.5, 0.6) is 0 Å². The number of para-hydroxylation sites is 1. The fourth-order valence-electron chi connectivity index (χ4n) is 7.08. The van der Waals surface area contributed by atoms with Crippen molar-refractivity contribution in [3.8, 4) is 0 Å². The molecule has 4 atom stereocenters. The van der Waals surface area contributed by atoms with Crippen LogP contribution in [0, 0.1) is 13.8 Å². The topological polar surface area (TPSA) is 108 Å². The van der Waals surface area contributed by atoms with E-state index in [0.29, 0.717) is 16.7 Å². The summed E-state index contributed by atoms with van der Waals surface area (Å²) in [5.74, 6) is -1.81. The summed E-state index contributed by atoms with van der Waals surface area (Å²) in [6.07, 6.45) is -0.365. The Morgan fingerprint density at radius 2 is 1.19 bits per heavy atom. The number of fused-ring (bicyclic) bond motifs is 4. The number of hydrogen-bond donors (Lipinski definition) is 1. The standard InChI is InChI=1S/C43H34N2O7/c1-26-33-24-45(23-22-31(33)27(2)37-36(26)32-20-12-13-21-34(32)44-37)40-39(52-43(48)30-18-10-5-11-19-30)38(51-42(47)29-16-8-4-9-17-29)35(50-40)25-49-41(46)28-14-6-3-7-15-28/h3-24,35,38-40H,25H2,1-2H3/p+1/t35-,38+,39-,40-/m0/s1. The van der Waals surface area contributed by atoms with Gasteiger partial charge >= 0.3 is 24.1 Å². The van der Waals surface area contributed by atoms with E-state index in [1.165, 1.54) is 0 Å². The maximum absolute atomic E-state index is 13.7. The lowest BCUT2D eigenvalue weighted by Crippen LogP contribution is -2.48. The van der Waals surface area contributed by atoms with Crippen LogP contribution in [0.15, 0.2) is 134 Å². The van der Waals surface area contributed by atoms with Gasteiger partial charge in [-0.2, -0.15) is 4.57 Å². The van der Waals surface area contributed by atoms with Crippen molar-refractivity contribution in [1.29, 1.82) is 0 Å². The molecule has 0 unspecified atom stereocenters. The van der Waals surface area contributed by atoms with Gasteiger partial charge < -0.3 is 23.9 Å². The van der Waals surface area contributed by atoms with Crippen molar-refractivity contribution in [2.45, 2.75) is 38.4 Å². The molecule has 1 aliphatic rings. The number of ether oxygens (including phenoxy) is 4. The Labute approximate surface area is 299 Å². The maximum atomic E-state index is 13.7. The van der Waals surface area contributed by atoms with Crippen LogP contribution in [-0.2, 0) is 18.9 Å². The lowest BCUT2D eigenvalue weighted by atomic mass is 9.97. The number of nitrogens with zero attached hydrogens (tertiary/aromatic N) is 1. The summed E-state index contributed by atoms with van der Waals surface area (Å²) in [4.78, 5) is 43.9. The van der Waals surface area contributed by atoms with Crippen molar-refractivity contribution in [1.82, 2.24) is 4.98 Å². The second kappa shape index (κ2) is 13.8. The predicted octanol–water partition coefficient (Wildman–Crippen LogP) is 7.58. The molecule has 9 heteroatoms. The van der Waals surface area contributed by atoms with Gasteiger partial charge in [0.15, 0.2) is 18.5 Å². The number of pyridine rings is 1. The second-order valence-electron chi connectivity index (χ2n) is 12.9. The zero-order valence-electron chi connectivity index (χ0n) is 28.5. The first-order chi connectivity index (χ1) is 25.4. The average Bonchev–Trinajstić information content (AvgIpc) is 3.75. The minimum atomic E-state index is -1.14. The molecule has 9 nitrogen and oxygen atoms in total. The number of nitrogens with one attached hydrogen (secondary N) is 1. The first-order valence-corrected chi connectivity index (χ1v) is 17.1. The van der Waals surface area contributed by atoms with Crippen LogP contribution in [0.25, 0.3) is 32.6 Å². The molecule has 3 heterocycles. The number of esters is 3. The summed E-state index contributed by atoms with van der Waals surface area (Å²) in [5.41, 5.74) is 5.28. The fourth-order valence-corrected chi connectivity index (χ4v) is 7.08. The smallest absolute Gasteiger partial charge is 0.338 e. The van der Waals surface area contributed by atoms with Crippen molar-refractivity contribution in [3.63, 3.8) is 0 Å². The molecule has 0 radical (unpaired) electrons. The number of aromatic nitrogens is 2. The third-order valence-electron chi connectivity index (χ3n) is 9.72. The molecule has 52 heavy (non-hydrogen) atoms. The molecular weight excluding hydrogens is 656 g/mol. The van der Waals surface area contributed by atoms with Gasteiger partial charge in [0, 0.05) is 27.7 Å². The highest BCUT2D eigenvalue weighted by Gasteiger charge is 2.55. The zero-order valence-corrected chi connectivity index (χ0v) is 28.5. The van der Waals surface area contributed by atoms with Crippen molar-refractivity contribution in [2.24, 2.45) is 0 Å². The van der Waals surface area contributed by atoms with Crippen LogP contribution in [0.4, 0.5) is 0 Å². The van der Waals surface area contributed by atoms with Gasteiger partial charge in [-0.15, -0.1) is 0 Å². The number of carbonyl (C=O) groups excluding carboxylic acids is 3. The second-order valence-corrected chi connectivity index (χ2v) is 12.9. The van der Waals surface area contributed by atoms with Gasteiger partial charge in [0.05, 0.1) is 22.2 Å². The van der Waals surface area contributed by atoms with Crippen LogP contribution in [-0.4, -0.2) is 47.8 Å². The number of H-pyrrole nitrogens is 1. The Hall–Kier alpha value is -6.32. The molecule has 0 spiro atoms. The Morgan fingerprint density at radius 1 is 0.635 bits per heavy atom. The highest BCUT2D eigenvalue weighted by atomic mass is 16.7. The number of hydrogen-bond acceptors (Lipinski definition) is 7. The summed E-state index contributed by atoms with van der Waals surface area (Å²) in [5, 5.41) is 4.27.